The highest BCUT2D eigenvalue weighted by atomic mass is 16.5. The molecule has 0 bridgehead atoms. The summed E-state index contributed by atoms with van der Waals surface area (Å²) < 4.78 is 10.6. The maximum atomic E-state index is 12.0. The van der Waals surface area contributed by atoms with Gasteiger partial charge in [0.05, 0.1) is 19.0 Å². The van der Waals surface area contributed by atoms with Gasteiger partial charge in [-0.3, -0.25) is 14.4 Å². The number of hydrazone groups is 1. The molecule has 0 radical (unpaired) electrons. The van der Waals surface area contributed by atoms with Crippen LogP contribution in [0.2, 0.25) is 0 Å². The second kappa shape index (κ2) is 11.7. The Morgan fingerprint density at radius 2 is 1.75 bits per heavy atom. The minimum Gasteiger partial charge on any atom is -0.484 e. The molecule has 3 amide bonds. The highest BCUT2D eigenvalue weighted by Gasteiger charge is 2.12. The Bertz CT molecular complexity index is 1070. The van der Waals surface area contributed by atoms with Gasteiger partial charge < -0.3 is 19.8 Å². The molecule has 0 aliphatic heterocycles. The van der Waals surface area contributed by atoms with Crippen molar-refractivity contribution in [3.8, 4) is 5.75 Å². The van der Waals surface area contributed by atoms with E-state index < -0.39 is 11.8 Å². The molecule has 1 aromatic heterocycles. The Kier molecular flexibility index (Phi) is 8.15. The van der Waals surface area contributed by atoms with Crippen LogP contribution in [0.4, 0.5) is 0 Å². The number of hydrogen-bond donors (Lipinski definition) is 3. The molecule has 9 nitrogen and oxygen atoms in total. The molecule has 3 N–H and O–H groups in total. The first-order chi connectivity index (χ1) is 15.6. The lowest BCUT2D eigenvalue weighted by molar-refractivity contribution is -0.139. The first-order valence-corrected chi connectivity index (χ1v) is 9.77. The quantitative estimate of drug-likeness (QED) is 0.269. The van der Waals surface area contributed by atoms with E-state index in [0.717, 1.165) is 5.56 Å². The molecule has 0 spiro atoms. The van der Waals surface area contributed by atoms with Crippen LogP contribution in [0.25, 0.3) is 0 Å². The van der Waals surface area contributed by atoms with Crippen molar-refractivity contribution in [2.24, 2.45) is 5.10 Å². The zero-order valence-electron chi connectivity index (χ0n) is 17.1. The van der Waals surface area contributed by atoms with E-state index in [4.69, 9.17) is 9.15 Å². The first-order valence-electron chi connectivity index (χ1n) is 9.77. The normalized spacial score (nSPS) is 10.5. The maximum Gasteiger partial charge on any atom is 0.329 e. The van der Waals surface area contributed by atoms with E-state index in [2.05, 4.69) is 21.2 Å². The van der Waals surface area contributed by atoms with Crippen molar-refractivity contribution >= 4 is 23.9 Å². The van der Waals surface area contributed by atoms with Gasteiger partial charge in [0, 0.05) is 6.54 Å². The SMILES string of the molecule is O=C(COc1cccc(/C=N\NC(=O)C(=O)NCc2ccco2)c1)NCc1ccccc1. The molecule has 1 heterocycles. The Morgan fingerprint density at radius 1 is 0.906 bits per heavy atom. The number of hydrogen-bond acceptors (Lipinski definition) is 6. The van der Waals surface area contributed by atoms with Gasteiger partial charge in [-0.15, -0.1) is 0 Å². The van der Waals surface area contributed by atoms with E-state index in [9.17, 15) is 14.4 Å². The average Bonchev–Trinajstić information content (AvgIpc) is 3.34. The zero-order valence-corrected chi connectivity index (χ0v) is 17.1. The standard InChI is InChI=1S/C23H22N4O5/c28-21(24-13-17-6-2-1-3-7-17)16-32-19-9-4-8-18(12-19)14-26-27-23(30)22(29)25-15-20-10-5-11-31-20/h1-12,14H,13,15-16H2,(H,24,28)(H,25,29)(H,27,30)/b26-14-. The Morgan fingerprint density at radius 3 is 2.53 bits per heavy atom. The second-order valence-electron chi connectivity index (χ2n) is 6.58. The van der Waals surface area contributed by atoms with E-state index in [1.54, 1.807) is 36.4 Å². The molecule has 0 atom stereocenters. The molecule has 2 aromatic carbocycles. The van der Waals surface area contributed by atoms with Crippen LogP contribution in [0.3, 0.4) is 0 Å². The molecule has 0 saturated carbocycles. The van der Waals surface area contributed by atoms with E-state index in [0.29, 0.717) is 23.6 Å². The predicted molar refractivity (Wildman–Crippen MR) is 117 cm³/mol. The lowest BCUT2D eigenvalue weighted by Gasteiger charge is -2.08. The summed E-state index contributed by atoms with van der Waals surface area (Å²) >= 11 is 0. The van der Waals surface area contributed by atoms with Crippen molar-refractivity contribution < 1.29 is 23.5 Å². The monoisotopic (exact) mass is 434 g/mol. The summed E-state index contributed by atoms with van der Waals surface area (Å²) in [4.78, 5) is 35.5. The van der Waals surface area contributed by atoms with Gasteiger partial charge in [-0.2, -0.15) is 5.10 Å². The van der Waals surface area contributed by atoms with Crippen molar-refractivity contribution in [1.82, 2.24) is 16.1 Å². The van der Waals surface area contributed by atoms with Gasteiger partial charge in [-0.05, 0) is 35.4 Å². The lowest BCUT2D eigenvalue weighted by atomic mass is 10.2. The summed E-state index contributed by atoms with van der Waals surface area (Å²) in [5.74, 6) is -1.00. The van der Waals surface area contributed by atoms with Crippen LogP contribution < -0.4 is 20.8 Å². The van der Waals surface area contributed by atoms with Crippen LogP contribution in [0.15, 0.2) is 82.5 Å². The number of benzene rings is 2. The van der Waals surface area contributed by atoms with Crippen molar-refractivity contribution in [3.63, 3.8) is 0 Å². The molecule has 3 rings (SSSR count). The van der Waals surface area contributed by atoms with Crippen LogP contribution in [0.1, 0.15) is 16.9 Å². The van der Waals surface area contributed by atoms with Gasteiger partial charge in [0.2, 0.25) is 0 Å². The fraction of sp³-hybridized carbons (Fsp3) is 0.130. The number of furan rings is 1. The van der Waals surface area contributed by atoms with E-state index in [1.165, 1.54) is 12.5 Å². The van der Waals surface area contributed by atoms with Gasteiger partial charge in [0.25, 0.3) is 5.91 Å². The Hall–Kier alpha value is -4.40. The van der Waals surface area contributed by atoms with Gasteiger partial charge in [-0.1, -0.05) is 42.5 Å². The zero-order chi connectivity index (χ0) is 22.6. The lowest BCUT2D eigenvalue weighted by Crippen LogP contribution is -2.37. The number of nitrogens with zero attached hydrogens (tertiary/aromatic N) is 1. The highest BCUT2D eigenvalue weighted by Crippen LogP contribution is 2.12. The molecule has 0 fully saturated rings. The van der Waals surface area contributed by atoms with Gasteiger partial charge in [-0.25, -0.2) is 5.43 Å². The van der Waals surface area contributed by atoms with Crippen molar-refractivity contribution in [3.05, 3.63) is 89.9 Å². The van der Waals surface area contributed by atoms with Crippen LogP contribution >= 0.6 is 0 Å². The Labute approximate surface area is 184 Å². The molecule has 164 valence electrons. The number of carbonyl (C=O) groups is 3. The third-order valence-electron chi connectivity index (χ3n) is 4.15. The third-order valence-corrected chi connectivity index (χ3v) is 4.15. The topological polar surface area (TPSA) is 122 Å². The molecular formula is C23H22N4O5. The van der Waals surface area contributed by atoms with Gasteiger partial charge in [0.1, 0.15) is 11.5 Å². The van der Waals surface area contributed by atoms with Crippen LogP contribution in [-0.4, -0.2) is 30.5 Å². The third kappa shape index (κ3) is 7.45. The summed E-state index contributed by atoms with van der Waals surface area (Å²) in [5.41, 5.74) is 3.76. The van der Waals surface area contributed by atoms with Gasteiger partial charge >= 0.3 is 11.8 Å². The summed E-state index contributed by atoms with van der Waals surface area (Å²) in [6.45, 7) is 0.381. The summed E-state index contributed by atoms with van der Waals surface area (Å²) in [6, 6.07) is 19.7. The number of amides is 3. The van der Waals surface area contributed by atoms with E-state index in [-0.39, 0.29) is 19.1 Å². The smallest absolute Gasteiger partial charge is 0.329 e. The minimum atomic E-state index is -0.907. The van der Waals surface area contributed by atoms with Gasteiger partial charge in [0.15, 0.2) is 6.61 Å². The maximum absolute atomic E-state index is 12.0. The van der Waals surface area contributed by atoms with Crippen LogP contribution in [0, 0.1) is 0 Å². The van der Waals surface area contributed by atoms with Crippen molar-refractivity contribution in [1.29, 1.82) is 0 Å². The molecule has 0 aliphatic carbocycles. The fourth-order valence-corrected chi connectivity index (χ4v) is 2.56. The first kappa shape index (κ1) is 22.3. The largest absolute Gasteiger partial charge is 0.484 e. The van der Waals surface area contributed by atoms with Crippen LogP contribution in [-0.2, 0) is 27.5 Å². The fourth-order valence-electron chi connectivity index (χ4n) is 2.56. The second-order valence-corrected chi connectivity index (χ2v) is 6.58. The van der Waals surface area contributed by atoms with Crippen molar-refractivity contribution in [2.75, 3.05) is 6.61 Å². The summed E-state index contributed by atoms with van der Waals surface area (Å²) in [6.07, 6.45) is 2.83. The van der Waals surface area contributed by atoms with Crippen LogP contribution in [0.5, 0.6) is 5.75 Å². The molecule has 3 aromatic rings. The van der Waals surface area contributed by atoms with E-state index in [1.807, 2.05) is 30.3 Å². The van der Waals surface area contributed by atoms with E-state index >= 15 is 0 Å². The Balaban J connectivity index is 1.40. The summed E-state index contributed by atoms with van der Waals surface area (Å²) in [7, 11) is 0. The molecule has 0 aliphatic rings. The molecule has 0 unspecified atom stereocenters. The number of ether oxygens (including phenoxy) is 1. The number of nitrogens with one attached hydrogen (secondary N) is 3. The summed E-state index contributed by atoms with van der Waals surface area (Å²) in [5, 5.41) is 8.96. The molecular weight excluding hydrogens is 412 g/mol. The van der Waals surface area contributed by atoms with Crippen molar-refractivity contribution in [2.45, 2.75) is 13.1 Å². The molecule has 32 heavy (non-hydrogen) atoms. The average molecular weight is 434 g/mol. The highest BCUT2D eigenvalue weighted by molar-refractivity contribution is 6.35. The molecule has 0 saturated heterocycles. The number of carbonyl (C=O) groups excluding carboxylic acids is 3. The predicted octanol–water partition coefficient (Wildman–Crippen LogP) is 1.74. The molecule has 9 heteroatoms. The number of rotatable bonds is 9. The minimum absolute atomic E-state index is 0.0985.